The summed E-state index contributed by atoms with van der Waals surface area (Å²) in [6, 6.07) is 19.7. The van der Waals surface area contributed by atoms with Crippen molar-refractivity contribution in [3.05, 3.63) is 94.9 Å². The zero-order valence-electron chi connectivity index (χ0n) is 28.0. The fourth-order valence-corrected chi connectivity index (χ4v) is 6.18. The van der Waals surface area contributed by atoms with Crippen LogP contribution in [-0.2, 0) is 31.1 Å². The minimum atomic E-state index is -4.54. The number of fused-ring (bicyclic) bond motifs is 3. The molecule has 251 valence electrons. The Morgan fingerprint density at radius 1 is 0.830 bits per heavy atom. The van der Waals surface area contributed by atoms with E-state index < -0.39 is 11.7 Å². The quantitative estimate of drug-likeness (QED) is 0.0733. The third-order valence-electron chi connectivity index (χ3n) is 8.69. The molecule has 0 spiro atoms. The summed E-state index contributed by atoms with van der Waals surface area (Å²) in [5.41, 5.74) is 2.53. The number of aliphatic hydroxyl groups excluding tert-OH is 1. The normalized spacial score (nSPS) is 12.0. The van der Waals surface area contributed by atoms with Crippen molar-refractivity contribution in [2.24, 2.45) is 11.8 Å². The minimum absolute atomic E-state index is 0. The van der Waals surface area contributed by atoms with Gasteiger partial charge in [0.1, 0.15) is 0 Å². The monoisotopic (exact) mass is 820 g/mol. The summed E-state index contributed by atoms with van der Waals surface area (Å²) in [6.07, 6.45) is 0.362. The maximum absolute atomic E-state index is 14.4. The van der Waals surface area contributed by atoms with Crippen LogP contribution in [0.4, 0.5) is 13.2 Å². The third-order valence-corrected chi connectivity index (χ3v) is 8.69. The summed E-state index contributed by atoms with van der Waals surface area (Å²) >= 11 is 0. The van der Waals surface area contributed by atoms with Gasteiger partial charge < -0.3 is 5.11 Å². The van der Waals surface area contributed by atoms with Crippen molar-refractivity contribution >= 4 is 38.1 Å². The number of carbonyl (C=O) groups is 1. The Kier molecular flexibility index (Phi) is 12.9. The summed E-state index contributed by atoms with van der Waals surface area (Å²) in [5.74, 6) is 0.547. The number of alkyl halides is 3. The van der Waals surface area contributed by atoms with Gasteiger partial charge in [-0.2, -0.15) is 18.3 Å². The van der Waals surface area contributed by atoms with Gasteiger partial charge in [0.25, 0.3) is 0 Å². The van der Waals surface area contributed by atoms with E-state index in [4.69, 9.17) is 0 Å². The molecule has 0 saturated heterocycles. The molecule has 0 unspecified atom stereocenters. The van der Waals surface area contributed by atoms with Crippen LogP contribution in [0.15, 0.2) is 66.4 Å². The number of rotatable bonds is 8. The van der Waals surface area contributed by atoms with E-state index >= 15 is 0 Å². The van der Waals surface area contributed by atoms with Crippen LogP contribution >= 0.6 is 0 Å². The predicted molar refractivity (Wildman–Crippen MR) is 182 cm³/mol. The number of hydrogen-bond acceptors (Lipinski definition) is 4. The average molecular weight is 820 g/mol. The van der Waals surface area contributed by atoms with E-state index in [0.29, 0.717) is 22.0 Å². The molecular weight excluding hydrogens is 778 g/mol. The molecule has 5 aromatic rings. The first-order chi connectivity index (χ1) is 21.8. The summed E-state index contributed by atoms with van der Waals surface area (Å²) in [4.78, 5) is 11.7. The standard InChI is InChI=1S/C26H18F3N2.C13H24O2.Ir/c1-14-8-15(2)10-20(9-14)25-22-13-19-11-17-6-4-5-7-18(17)12-21(19)24(26(27,28)29)23(22)16(3)30-31-25;1-5-10(6-2)12(14)9-13(15)11(7-3)8-4;/h4-9,11-13H,1-3H3;9-11,14H,5-8H2,1-4H3;/q-1;;/b;12-9-;. The van der Waals surface area contributed by atoms with E-state index in [9.17, 15) is 23.1 Å². The number of allylic oxidation sites excluding steroid dienone is 2. The van der Waals surface area contributed by atoms with Gasteiger partial charge in [0.15, 0.2) is 5.78 Å². The Hall–Kier alpha value is -3.61. The van der Waals surface area contributed by atoms with Gasteiger partial charge in [-0.15, -0.1) is 34.9 Å². The third kappa shape index (κ3) is 8.46. The topological polar surface area (TPSA) is 63.1 Å². The van der Waals surface area contributed by atoms with Crippen molar-refractivity contribution in [2.45, 2.75) is 80.3 Å². The fraction of sp³-hybridized carbons (Fsp3) is 0.359. The first-order valence-corrected chi connectivity index (χ1v) is 16.0. The molecule has 0 amide bonds. The number of benzene rings is 4. The molecule has 0 aliphatic carbocycles. The second-order valence-electron chi connectivity index (χ2n) is 12.0. The van der Waals surface area contributed by atoms with Crippen molar-refractivity contribution in [3.63, 3.8) is 0 Å². The molecule has 0 aliphatic rings. The van der Waals surface area contributed by atoms with Gasteiger partial charge in [0.2, 0.25) is 0 Å². The van der Waals surface area contributed by atoms with Crippen LogP contribution in [0.25, 0.3) is 43.6 Å². The zero-order chi connectivity index (χ0) is 33.8. The van der Waals surface area contributed by atoms with Gasteiger partial charge in [0.05, 0.1) is 17.0 Å². The zero-order valence-corrected chi connectivity index (χ0v) is 30.4. The number of aryl methyl sites for hydroxylation is 3. The Labute approximate surface area is 288 Å². The van der Waals surface area contributed by atoms with E-state index in [2.05, 4.69) is 16.3 Å². The molecule has 1 N–H and O–H groups in total. The molecule has 8 heteroatoms. The first kappa shape index (κ1) is 37.8. The van der Waals surface area contributed by atoms with Crippen molar-refractivity contribution < 1.29 is 43.2 Å². The van der Waals surface area contributed by atoms with Crippen molar-refractivity contribution in [2.75, 3.05) is 0 Å². The van der Waals surface area contributed by atoms with Gasteiger partial charge >= 0.3 is 6.18 Å². The maximum atomic E-state index is 14.4. The number of halogens is 3. The number of nitrogens with zero attached hydrogens (tertiary/aromatic N) is 2. The molecule has 47 heavy (non-hydrogen) atoms. The van der Waals surface area contributed by atoms with Crippen molar-refractivity contribution in [1.29, 1.82) is 0 Å². The number of ketones is 1. The molecule has 0 fully saturated rings. The predicted octanol–water partition coefficient (Wildman–Crippen LogP) is 11.2. The Bertz CT molecular complexity index is 1890. The second kappa shape index (κ2) is 16.0. The van der Waals surface area contributed by atoms with E-state index in [-0.39, 0.29) is 59.9 Å². The van der Waals surface area contributed by atoms with Gasteiger partial charge in [-0.05, 0) is 71.7 Å². The minimum Gasteiger partial charge on any atom is -0.512 e. The maximum Gasteiger partial charge on any atom is 0.417 e. The SMILES string of the molecule is CCC(CC)C(=O)/C=C(\O)C(CC)CC.Cc1[c-]c(-c2nnc(C)c3c(C(F)(F)F)c4cc5ccccc5cc4cc23)cc(C)c1.[Ir]. The van der Waals surface area contributed by atoms with Gasteiger partial charge in [-0.25, -0.2) is 5.10 Å². The summed E-state index contributed by atoms with van der Waals surface area (Å²) in [6.45, 7) is 13.5. The largest absolute Gasteiger partial charge is 0.512 e. The average Bonchev–Trinajstić information content (AvgIpc) is 2.99. The van der Waals surface area contributed by atoms with Gasteiger partial charge in [-0.1, -0.05) is 71.9 Å². The molecule has 0 aliphatic heterocycles. The van der Waals surface area contributed by atoms with Gasteiger partial charge in [0, 0.05) is 49.1 Å². The summed E-state index contributed by atoms with van der Waals surface area (Å²) in [5, 5.41) is 21.1. The molecule has 0 atom stereocenters. The van der Waals surface area contributed by atoms with Gasteiger partial charge in [-0.3, -0.25) is 4.79 Å². The molecule has 4 nitrogen and oxygen atoms in total. The van der Waals surface area contributed by atoms with Crippen LogP contribution in [0.1, 0.15) is 75.8 Å². The smallest absolute Gasteiger partial charge is 0.417 e. The number of aliphatic hydroxyl groups is 1. The van der Waals surface area contributed by atoms with Crippen LogP contribution in [-0.4, -0.2) is 21.1 Å². The Morgan fingerprint density at radius 2 is 1.40 bits per heavy atom. The fourth-order valence-electron chi connectivity index (χ4n) is 6.18. The molecule has 0 bridgehead atoms. The van der Waals surface area contributed by atoms with Crippen LogP contribution in [0.2, 0.25) is 0 Å². The first-order valence-electron chi connectivity index (χ1n) is 16.0. The number of hydrogen-bond donors (Lipinski definition) is 1. The number of carbonyl (C=O) groups excluding carboxylic acids is 1. The Morgan fingerprint density at radius 3 is 1.96 bits per heavy atom. The molecule has 1 aromatic heterocycles. The molecule has 1 heterocycles. The van der Waals surface area contributed by atoms with Crippen LogP contribution < -0.4 is 0 Å². The van der Waals surface area contributed by atoms with E-state index in [1.165, 1.54) is 6.08 Å². The molecular formula is C39H42F3IrN2O2-. The van der Waals surface area contributed by atoms with Crippen molar-refractivity contribution in [3.8, 4) is 11.3 Å². The molecule has 0 saturated carbocycles. The van der Waals surface area contributed by atoms with Crippen molar-refractivity contribution in [1.82, 2.24) is 10.2 Å². The van der Waals surface area contributed by atoms with E-state index in [1.807, 2.05) is 84.0 Å². The Balaban J connectivity index is 0.000000322. The second-order valence-corrected chi connectivity index (χ2v) is 12.0. The van der Waals surface area contributed by atoms with Crippen LogP contribution in [0.5, 0.6) is 0 Å². The van der Waals surface area contributed by atoms with E-state index in [0.717, 1.165) is 47.6 Å². The van der Waals surface area contributed by atoms with Crippen LogP contribution in [0.3, 0.4) is 0 Å². The molecule has 1 radical (unpaired) electrons. The number of aromatic nitrogens is 2. The van der Waals surface area contributed by atoms with E-state index in [1.54, 1.807) is 19.1 Å². The molecule has 5 rings (SSSR count). The van der Waals surface area contributed by atoms with Crippen LogP contribution in [0, 0.1) is 38.7 Å². The summed E-state index contributed by atoms with van der Waals surface area (Å²) < 4.78 is 43.3. The molecule has 4 aromatic carbocycles. The summed E-state index contributed by atoms with van der Waals surface area (Å²) in [7, 11) is 0.